The largest absolute Gasteiger partial charge is 0.381 e. The highest BCUT2D eigenvalue weighted by atomic mass is 19.1. The molecule has 0 fully saturated rings. The van der Waals surface area contributed by atoms with Crippen LogP contribution in [0.2, 0.25) is 0 Å². The highest BCUT2D eigenvalue weighted by Crippen LogP contribution is 2.16. The normalized spacial score (nSPS) is 10.6. The number of anilines is 2. The zero-order chi connectivity index (χ0) is 13.1. The molecule has 2 aromatic heterocycles. The predicted molar refractivity (Wildman–Crippen MR) is 64.0 cm³/mol. The molecule has 0 aromatic carbocycles. The lowest BCUT2D eigenvalue weighted by atomic mass is 10.2. The molecule has 5 nitrogen and oxygen atoms in total. The molecular formula is C11H13F2N5. The summed E-state index contributed by atoms with van der Waals surface area (Å²) in [4.78, 5) is 3.60. The van der Waals surface area contributed by atoms with Crippen molar-refractivity contribution >= 4 is 11.6 Å². The summed E-state index contributed by atoms with van der Waals surface area (Å²) in [6, 6.07) is 0.717. The summed E-state index contributed by atoms with van der Waals surface area (Å²) in [5, 5.41) is 6.78. The van der Waals surface area contributed by atoms with Crippen LogP contribution >= 0.6 is 0 Å². The third kappa shape index (κ3) is 2.73. The summed E-state index contributed by atoms with van der Waals surface area (Å²) >= 11 is 0. The first kappa shape index (κ1) is 12.3. The maximum Gasteiger partial charge on any atom is 0.168 e. The minimum absolute atomic E-state index is 0.0437. The maximum absolute atomic E-state index is 13.3. The van der Waals surface area contributed by atoms with Crippen LogP contribution in [0.5, 0.6) is 0 Å². The van der Waals surface area contributed by atoms with Crippen molar-refractivity contribution in [2.45, 2.75) is 6.42 Å². The van der Waals surface area contributed by atoms with Gasteiger partial charge in [-0.3, -0.25) is 4.68 Å². The summed E-state index contributed by atoms with van der Waals surface area (Å²) in [6.45, 7) is 0.459. The Morgan fingerprint density at radius 1 is 1.39 bits per heavy atom. The van der Waals surface area contributed by atoms with Gasteiger partial charge < -0.3 is 11.1 Å². The van der Waals surface area contributed by atoms with Crippen LogP contribution < -0.4 is 11.1 Å². The number of nitrogen functional groups attached to an aromatic ring is 1. The van der Waals surface area contributed by atoms with Gasteiger partial charge in [-0.05, 0) is 12.0 Å². The highest BCUT2D eigenvalue weighted by Gasteiger charge is 2.09. The van der Waals surface area contributed by atoms with Crippen LogP contribution in [0.4, 0.5) is 20.4 Å². The Morgan fingerprint density at radius 2 is 2.17 bits per heavy atom. The molecule has 0 spiro atoms. The van der Waals surface area contributed by atoms with Crippen molar-refractivity contribution < 1.29 is 8.78 Å². The van der Waals surface area contributed by atoms with E-state index in [0.29, 0.717) is 13.0 Å². The summed E-state index contributed by atoms with van der Waals surface area (Å²) in [5.74, 6) is -1.98. The van der Waals surface area contributed by atoms with Crippen molar-refractivity contribution in [2.24, 2.45) is 7.05 Å². The fourth-order valence-electron chi connectivity index (χ4n) is 1.53. The quantitative estimate of drug-likeness (QED) is 0.862. The lowest BCUT2D eigenvalue weighted by molar-refractivity contribution is 0.579. The molecule has 0 aliphatic heterocycles. The number of rotatable bonds is 4. The number of nitrogens with two attached hydrogens (primary N) is 1. The van der Waals surface area contributed by atoms with Crippen LogP contribution in [0.15, 0.2) is 18.5 Å². The highest BCUT2D eigenvalue weighted by molar-refractivity contribution is 5.44. The molecule has 0 amide bonds. The van der Waals surface area contributed by atoms with Gasteiger partial charge in [0.2, 0.25) is 0 Å². The van der Waals surface area contributed by atoms with Crippen molar-refractivity contribution in [3.05, 3.63) is 35.7 Å². The molecule has 7 heteroatoms. The predicted octanol–water partition coefficient (Wildman–Crippen LogP) is 1.33. The van der Waals surface area contributed by atoms with Crippen LogP contribution in [0.1, 0.15) is 5.56 Å². The minimum Gasteiger partial charge on any atom is -0.381 e. The molecule has 0 saturated heterocycles. The molecule has 18 heavy (non-hydrogen) atoms. The van der Waals surface area contributed by atoms with Gasteiger partial charge in [0, 0.05) is 25.9 Å². The minimum atomic E-state index is -0.856. The van der Waals surface area contributed by atoms with E-state index < -0.39 is 11.6 Å². The second-order valence-electron chi connectivity index (χ2n) is 3.88. The molecule has 96 valence electrons. The Kier molecular flexibility index (Phi) is 3.40. The summed E-state index contributed by atoms with van der Waals surface area (Å²) < 4.78 is 27.9. The number of hydrogen-bond donors (Lipinski definition) is 2. The molecule has 2 aromatic rings. The van der Waals surface area contributed by atoms with Gasteiger partial charge >= 0.3 is 0 Å². The summed E-state index contributed by atoms with van der Waals surface area (Å²) in [6.07, 6.45) is 4.25. The number of nitrogens with zero attached hydrogens (tertiary/aromatic N) is 3. The summed E-state index contributed by atoms with van der Waals surface area (Å²) in [7, 11) is 1.82. The van der Waals surface area contributed by atoms with E-state index in [-0.39, 0.29) is 11.6 Å². The Balaban J connectivity index is 1.96. The fourth-order valence-corrected chi connectivity index (χ4v) is 1.53. The van der Waals surface area contributed by atoms with E-state index in [1.165, 1.54) is 0 Å². The molecule has 0 radical (unpaired) electrons. The van der Waals surface area contributed by atoms with E-state index >= 15 is 0 Å². The van der Waals surface area contributed by atoms with Gasteiger partial charge in [0.1, 0.15) is 0 Å². The average Bonchev–Trinajstić information content (AvgIpc) is 2.71. The number of hydrogen-bond acceptors (Lipinski definition) is 4. The molecule has 0 aliphatic carbocycles. The fraction of sp³-hybridized carbons (Fsp3) is 0.273. The van der Waals surface area contributed by atoms with Crippen LogP contribution in [0.3, 0.4) is 0 Å². The smallest absolute Gasteiger partial charge is 0.168 e. The van der Waals surface area contributed by atoms with E-state index in [9.17, 15) is 8.78 Å². The first-order valence-electron chi connectivity index (χ1n) is 5.39. The Hall–Kier alpha value is -2.18. The number of aryl methyl sites for hydroxylation is 1. The lowest BCUT2D eigenvalue weighted by Crippen LogP contribution is -2.09. The van der Waals surface area contributed by atoms with E-state index in [4.69, 9.17) is 5.73 Å². The van der Waals surface area contributed by atoms with Gasteiger partial charge in [0.05, 0.1) is 6.20 Å². The number of nitrogens with one attached hydrogen (secondary N) is 1. The molecule has 0 atom stereocenters. The van der Waals surface area contributed by atoms with Gasteiger partial charge in [-0.15, -0.1) is 0 Å². The zero-order valence-corrected chi connectivity index (χ0v) is 9.82. The molecule has 0 saturated carbocycles. The Labute approximate surface area is 103 Å². The van der Waals surface area contributed by atoms with Crippen molar-refractivity contribution in [3.8, 4) is 0 Å². The molecule has 2 rings (SSSR count). The van der Waals surface area contributed by atoms with E-state index in [1.807, 2.05) is 13.2 Å². The number of pyridine rings is 1. The van der Waals surface area contributed by atoms with Gasteiger partial charge in [0.15, 0.2) is 23.3 Å². The van der Waals surface area contributed by atoms with Gasteiger partial charge in [-0.2, -0.15) is 5.10 Å². The second-order valence-corrected chi connectivity index (χ2v) is 3.88. The zero-order valence-electron chi connectivity index (χ0n) is 9.82. The first-order chi connectivity index (χ1) is 8.56. The standard InChI is InChI=1S/C11H13F2N5/c1-18-6-7(5-16-18)2-3-15-11-9(13)4-8(12)10(14)17-11/h4-6H,2-3H2,1H3,(H3,14,15,17). The van der Waals surface area contributed by atoms with Crippen molar-refractivity contribution in [3.63, 3.8) is 0 Å². The van der Waals surface area contributed by atoms with Crippen LogP contribution in [-0.4, -0.2) is 21.3 Å². The monoisotopic (exact) mass is 253 g/mol. The third-order valence-electron chi connectivity index (χ3n) is 2.42. The summed E-state index contributed by atoms with van der Waals surface area (Å²) in [5.41, 5.74) is 6.28. The number of halogens is 2. The van der Waals surface area contributed by atoms with Gasteiger partial charge in [-0.1, -0.05) is 0 Å². The molecule has 0 aliphatic rings. The Bertz CT molecular complexity index is 552. The van der Waals surface area contributed by atoms with Crippen molar-refractivity contribution in [1.29, 1.82) is 0 Å². The lowest BCUT2D eigenvalue weighted by Gasteiger charge is -2.07. The maximum atomic E-state index is 13.3. The van der Waals surface area contributed by atoms with E-state index in [1.54, 1.807) is 10.9 Å². The molecule has 3 N–H and O–H groups in total. The molecule has 2 heterocycles. The average molecular weight is 253 g/mol. The Morgan fingerprint density at radius 3 is 2.83 bits per heavy atom. The van der Waals surface area contributed by atoms with E-state index in [2.05, 4.69) is 15.4 Å². The van der Waals surface area contributed by atoms with Crippen LogP contribution in [-0.2, 0) is 13.5 Å². The van der Waals surface area contributed by atoms with Crippen LogP contribution in [0.25, 0.3) is 0 Å². The topological polar surface area (TPSA) is 68.8 Å². The van der Waals surface area contributed by atoms with E-state index in [0.717, 1.165) is 11.6 Å². The van der Waals surface area contributed by atoms with Crippen molar-refractivity contribution in [2.75, 3.05) is 17.6 Å². The SMILES string of the molecule is Cn1cc(CCNc2nc(N)c(F)cc2F)cn1. The van der Waals surface area contributed by atoms with Gasteiger partial charge in [-0.25, -0.2) is 13.8 Å². The molecular weight excluding hydrogens is 240 g/mol. The van der Waals surface area contributed by atoms with Gasteiger partial charge in [0.25, 0.3) is 0 Å². The van der Waals surface area contributed by atoms with Crippen molar-refractivity contribution in [1.82, 2.24) is 14.8 Å². The second kappa shape index (κ2) is 4.99. The number of aromatic nitrogens is 3. The third-order valence-corrected chi connectivity index (χ3v) is 2.42. The van der Waals surface area contributed by atoms with Crippen LogP contribution in [0, 0.1) is 11.6 Å². The first-order valence-corrected chi connectivity index (χ1v) is 5.39. The molecule has 0 unspecified atom stereocenters. The molecule has 0 bridgehead atoms.